The fourth-order valence-corrected chi connectivity index (χ4v) is 2.06. The Morgan fingerprint density at radius 3 is 2.88 bits per heavy atom. The predicted octanol–water partition coefficient (Wildman–Crippen LogP) is 1.56. The van der Waals surface area contributed by atoms with Crippen molar-refractivity contribution in [2.45, 2.75) is 18.9 Å². The lowest BCUT2D eigenvalue weighted by atomic mass is 10.1. The smallest absolute Gasteiger partial charge is 0.292 e. The number of para-hydroxylation sites is 2. The van der Waals surface area contributed by atoms with Gasteiger partial charge in [-0.05, 0) is 18.9 Å². The number of rotatable bonds is 2. The van der Waals surface area contributed by atoms with E-state index in [1.807, 2.05) is 4.90 Å². The molecule has 86 valence electrons. The summed E-state index contributed by atoms with van der Waals surface area (Å²) in [4.78, 5) is 12.4. The molecule has 5 heteroatoms. The van der Waals surface area contributed by atoms with Crippen molar-refractivity contribution < 1.29 is 10.0 Å². The standard InChI is InChI=1S/C11H14N2O3/c14-9-4-3-7-12(8-9)10-5-1-2-6-11(10)13(15)16/h1-2,5-6,9,14H,3-4,7-8H2/t9-/m1/s1. The molecule has 0 saturated carbocycles. The largest absolute Gasteiger partial charge is 0.391 e. The second-order valence-corrected chi connectivity index (χ2v) is 3.99. The van der Waals surface area contributed by atoms with Crippen LogP contribution < -0.4 is 4.90 Å². The molecule has 1 aliphatic heterocycles. The summed E-state index contributed by atoms with van der Waals surface area (Å²) in [6.45, 7) is 1.24. The molecule has 5 nitrogen and oxygen atoms in total. The number of piperidine rings is 1. The van der Waals surface area contributed by atoms with Crippen LogP contribution in [0.1, 0.15) is 12.8 Å². The van der Waals surface area contributed by atoms with Crippen LogP contribution in [0.4, 0.5) is 11.4 Å². The first kappa shape index (κ1) is 10.9. The Balaban J connectivity index is 2.28. The molecule has 2 rings (SSSR count). The lowest BCUT2D eigenvalue weighted by molar-refractivity contribution is -0.384. The lowest BCUT2D eigenvalue weighted by Gasteiger charge is -2.31. The van der Waals surface area contributed by atoms with E-state index >= 15 is 0 Å². The van der Waals surface area contributed by atoms with E-state index in [1.165, 1.54) is 6.07 Å². The SMILES string of the molecule is O=[N+]([O-])c1ccccc1N1CCC[C@@H](O)C1. The zero-order chi connectivity index (χ0) is 11.5. The van der Waals surface area contributed by atoms with Gasteiger partial charge in [-0.3, -0.25) is 10.1 Å². The van der Waals surface area contributed by atoms with Gasteiger partial charge in [-0.1, -0.05) is 12.1 Å². The molecular formula is C11H14N2O3. The van der Waals surface area contributed by atoms with Crippen LogP contribution in [0.3, 0.4) is 0 Å². The summed E-state index contributed by atoms with van der Waals surface area (Å²) in [6.07, 6.45) is 1.26. The molecule has 1 heterocycles. The molecule has 0 radical (unpaired) electrons. The first-order chi connectivity index (χ1) is 7.68. The molecule has 1 aromatic carbocycles. The Hall–Kier alpha value is -1.62. The molecule has 0 amide bonds. The van der Waals surface area contributed by atoms with Crippen LogP contribution in [0, 0.1) is 10.1 Å². The fourth-order valence-electron chi connectivity index (χ4n) is 2.06. The number of hydrogen-bond acceptors (Lipinski definition) is 4. The van der Waals surface area contributed by atoms with Crippen LogP contribution in [0.2, 0.25) is 0 Å². The third kappa shape index (κ3) is 2.14. The van der Waals surface area contributed by atoms with E-state index in [0.29, 0.717) is 12.2 Å². The maximum Gasteiger partial charge on any atom is 0.292 e. The van der Waals surface area contributed by atoms with Gasteiger partial charge in [0.1, 0.15) is 5.69 Å². The predicted molar refractivity (Wildman–Crippen MR) is 60.6 cm³/mol. The minimum Gasteiger partial charge on any atom is -0.391 e. The highest BCUT2D eigenvalue weighted by molar-refractivity contribution is 5.63. The summed E-state index contributed by atoms with van der Waals surface area (Å²) in [6, 6.07) is 6.66. The monoisotopic (exact) mass is 222 g/mol. The summed E-state index contributed by atoms with van der Waals surface area (Å²) >= 11 is 0. The van der Waals surface area contributed by atoms with Gasteiger partial charge in [0.15, 0.2) is 0 Å². The van der Waals surface area contributed by atoms with Gasteiger partial charge in [-0.2, -0.15) is 0 Å². The average Bonchev–Trinajstić information content (AvgIpc) is 2.29. The molecule has 1 N–H and O–H groups in total. The summed E-state index contributed by atoms with van der Waals surface area (Å²) in [5, 5.41) is 20.4. The number of β-amino-alcohol motifs (C(OH)–C–C–N with tert-alkyl or cyclic N) is 1. The fraction of sp³-hybridized carbons (Fsp3) is 0.455. The summed E-state index contributed by atoms with van der Waals surface area (Å²) < 4.78 is 0. The summed E-state index contributed by atoms with van der Waals surface area (Å²) in [5.41, 5.74) is 0.711. The normalized spacial score (nSPS) is 20.8. The van der Waals surface area contributed by atoms with Crippen molar-refractivity contribution in [1.82, 2.24) is 0 Å². The van der Waals surface area contributed by atoms with E-state index in [0.717, 1.165) is 19.4 Å². The van der Waals surface area contributed by atoms with Crippen LogP contribution in [-0.4, -0.2) is 29.2 Å². The quantitative estimate of drug-likeness (QED) is 0.609. The van der Waals surface area contributed by atoms with Crippen molar-refractivity contribution >= 4 is 11.4 Å². The van der Waals surface area contributed by atoms with Gasteiger partial charge in [0.2, 0.25) is 0 Å². The maximum absolute atomic E-state index is 10.9. The number of hydrogen-bond donors (Lipinski definition) is 1. The molecule has 1 fully saturated rings. The van der Waals surface area contributed by atoms with E-state index in [9.17, 15) is 15.2 Å². The van der Waals surface area contributed by atoms with Crippen LogP contribution in [-0.2, 0) is 0 Å². The number of aliphatic hydroxyl groups excluding tert-OH is 1. The molecule has 1 aromatic rings. The topological polar surface area (TPSA) is 66.6 Å². The Morgan fingerprint density at radius 1 is 1.44 bits per heavy atom. The number of nitrogens with zero attached hydrogens (tertiary/aromatic N) is 2. The minimum atomic E-state index is -0.381. The third-order valence-electron chi connectivity index (χ3n) is 2.82. The van der Waals surface area contributed by atoms with Crippen molar-refractivity contribution in [1.29, 1.82) is 0 Å². The van der Waals surface area contributed by atoms with Gasteiger partial charge in [0.25, 0.3) is 5.69 Å². The third-order valence-corrected chi connectivity index (χ3v) is 2.82. The maximum atomic E-state index is 10.9. The lowest BCUT2D eigenvalue weighted by Crippen LogP contribution is -2.38. The Kier molecular flexibility index (Phi) is 3.05. The van der Waals surface area contributed by atoms with Crippen LogP contribution in [0.25, 0.3) is 0 Å². The van der Waals surface area contributed by atoms with Gasteiger partial charge in [0, 0.05) is 19.2 Å². The molecule has 1 saturated heterocycles. The van der Waals surface area contributed by atoms with Crippen LogP contribution >= 0.6 is 0 Å². The molecule has 0 aliphatic carbocycles. The van der Waals surface area contributed by atoms with E-state index in [4.69, 9.17) is 0 Å². The number of aliphatic hydroxyl groups is 1. The van der Waals surface area contributed by atoms with Crippen molar-refractivity contribution in [3.8, 4) is 0 Å². The number of anilines is 1. The van der Waals surface area contributed by atoms with Gasteiger partial charge in [-0.25, -0.2) is 0 Å². The second kappa shape index (κ2) is 4.49. The van der Waals surface area contributed by atoms with E-state index in [1.54, 1.807) is 18.2 Å². The first-order valence-corrected chi connectivity index (χ1v) is 5.35. The van der Waals surface area contributed by atoms with Crippen molar-refractivity contribution in [3.63, 3.8) is 0 Å². The minimum absolute atomic E-state index is 0.108. The number of benzene rings is 1. The Labute approximate surface area is 93.5 Å². The second-order valence-electron chi connectivity index (χ2n) is 3.99. The van der Waals surface area contributed by atoms with E-state index < -0.39 is 0 Å². The molecule has 0 bridgehead atoms. The van der Waals surface area contributed by atoms with Crippen molar-refractivity contribution in [3.05, 3.63) is 34.4 Å². The van der Waals surface area contributed by atoms with Crippen LogP contribution in [0.15, 0.2) is 24.3 Å². The number of nitro benzene ring substituents is 1. The summed E-state index contributed by atoms with van der Waals surface area (Å²) in [5.74, 6) is 0. The van der Waals surface area contributed by atoms with Gasteiger partial charge < -0.3 is 10.0 Å². The van der Waals surface area contributed by atoms with Gasteiger partial charge in [0.05, 0.1) is 11.0 Å². The highest BCUT2D eigenvalue weighted by atomic mass is 16.6. The average molecular weight is 222 g/mol. The molecule has 0 aromatic heterocycles. The zero-order valence-electron chi connectivity index (χ0n) is 8.87. The van der Waals surface area contributed by atoms with Gasteiger partial charge >= 0.3 is 0 Å². The molecule has 1 atom stereocenters. The molecule has 1 aliphatic rings. The van der Waals surface area contributed by atoms with Crippen LogP contribution in [0.5, 0.6) is 0 Å². The molecule has 0 spiro atoms. The van der Waals surface area contributed by atoms with Crippen molar-refractivity contribution in [2.24, 2.45) is 0 Å². The Bertz CT molecular complexity index is 395. The Morgan fingerprint density at radius 2 is 2.19 bits per heavy atom. The highest BCUT2D eigenvalue weighted by Crippen LogP contribution is 2.29. The first-order valence-electron chi connectivity index (χ1n) is 5.35. The van der Waals surface area contributed by atoms with Crippen molar-refractivity contribution in [2.75, 3.05) is 18.0 Å². The van der Waals surface area contributed by atoms with E-state index in [-0.39, 0.29) is 16.7 Å². The summed E-state index contributed by atoms with van der Waals surface area (Å²) in [7, 11) is 0. The molecule has 0 unspecified atom stereocenters. The zero-order valence-corrected chi connectivity index (χ0v) is 8.87. The van der Waals surface area contributed by atoms with E-state index in [2.05, 4.69) is 0 Å². The highest BCUT2D eigenvalue weighted by Gasteiger charge is 2.23. The molecule has 16 heavy (non-hydrogen) atoms. The number of nitro groups is 1. The molecular weight excluding hydrogens is 208 g/mol. The van der Waals surface area contributed by atoms with Gasteiger partial charge in [-0.15, -0.1) is 0 Å².